The van der Waals surface area contributed by atoms with Crippen LogP contribution in [0.2, 0.25) is 0 Å². The van der Waals surface area contributed by atoms with Crippen LogP contribution in [0.15, 0.2) is 34.9 Å². The molecule has 1 atom stereocenters. The van der Waals surface area contributed by atoms with Gasteiger partial charge in [0.1, 0.15) is 11.5 Å². The SMILES string of the molecule is Cc1cc(C(=O)N[C@H]2CCN(c3ccccc3OC(F)F)C2)no1. The van der Waals surface area contributed by atoms with Gasteiger partial charge in [0, 0.05) is 25.2 Å². The number of amides is 1. The molecule has 1 aromatic carbocycles. The quantitative estimate of drug-likeness (QED) is 0.908. The Labute approximate surface area is 137 Å². The first-order valence-corrected chi connectivity index (χ1v) is 7.56. The van der Waals surface area contributed by atoms with Crippen LogP contribution in [0.1, 0.15) is 22.7 Å². The number of aromatic nitrogens is 1. The lowest BCUT2D eigenvalue weighted by Crippen LogP contribution is -2.37. The van der Waals surface area contributed by atoms with Gasteiger partial charge in [-0.05, 0) is 25.5 Å². The van der Waals surface area contributed by atoms with Gasteiger partial charge in [-0.2, -0.15) is 8.78 Å². The van der Waals surface area contributed by atoms with Crippen molar-refractivity contribution in [2.75, 3.05) is 18.0 Å². The molecule has 2 heterocycles. The first-order chi connectivity index (χ1) is 11.5. The minimum atomic E-state index is -2.88. The second kappa shape index (κ2) is 6.86. The topological polar surface area (TPSA) is 67.6 Å². The van der Waals surface area contributed by atoms with E-state index in [1.165, 1.54) is 6.07 Å². The molecule has 24 heavy (non-hydrogen) atoms. The first-order valence-electron chi connectivity index (χ1n) is 7.56. The molecule has 1 N–H and O–H groups in total. The van der Waals surface area contributed by atoms with Crippen LogP contribution in [0.25, 0.3) is 0 Å². The molecule has 1 aliphatic heterocycles. The van der Waals surface area contributed by atoms with E-state index in [4.69, 9.17) is 4.52 Å². The number of hydrogen-bond donors (Lipinski definition) is 1. The summed E-state index contributed by atoms with van der Waals surface area (Å²) in [6.07, 6.45) is 0.700. The lowest BCUT2D eigenvalue weighted by molar-refractivity contribution is -0.0495. The summed E-state index contributed by atoms with van der Waals surface area (Å²) in [5.41, 5.74) is 0.819. The Balaban J connectivity index is 1.64. The van der Waals surface area contributed by atoms with Crippen molar-refractivity contribution < 1.29 is 22.8 Å². The molecule has 128 valence electrons. The number of rotatable bonds is 5. The zero-order chi connectivity index (χ0) is 17.1. The van der Waals surface area contributed by atoms with Gasteiger partial charge in [0.25, 0.3) is 5.91 Å². The standard InChI is InChI=1S/C16H17F2N3O3/c1-10-8-12(20-24-10)15(22)19-11-6-7-21(9-11)13-4-2-3-5-14(13)23-16(17)18/h2-5,8,11,16H,6-7,9H2,1H3,(H,19,22)/t11-/m0/s1. The zero-order valence-corrected chi connectivity index (χ0v) is 13.0. The van der Waals surface area contributed by atoms with E-state index in [2.05, 4.69) is 15.2 Å². The number of anilines is 1. The molecule has 1 amide bonds. The fourth-order valence-electron chi connectivity index (χ4n) is 2.74. The number of benzene rings is 1. The maximum atomic E-state index is 12.5. The summed E-state index contributed by atoms with van der Waals surface area (Å²) in [5, 5.41) is 6.55. The third-order valence-electron chi connectivity index (χ3n) is 3.81. The number of halogens is 2. The fourth-order valence-corrected chi connectivity index (χ4v) is 2.74. The summed E-state index contributed by atoms with van der Waals surface area (Å²) in [4.78, 5) is 14.0. The number of carbonyl (C=O) groups is 1. The lowest BCUT2D eigenvalue weighted by Gasteiger charge is -2.21. The number of nitrogens with zero attached hydrogens (tertiary/aromatic N) is 2. The highest BCUT2D eigenvalue weighted by Crippen LogP contribution is 2.31. The maximum Gasteiger partial charge on any atom is 0.387 e. The third-order valence-corrected chi connectivity index (χ3v) is 3.81. The van der Waals surface area contributed by atoms with Gasteiger partial charge in [-0.1, -0.05) is 17.3 Å². The van der Waals surface area contributed by atoms with Crippen LogP contribution in [0.3, 0.4) is 0 Å². The van der Waals surface area contributed by atoms with E-state index in [1.807, 2.05) is 4.90 Å². The van der Waals surface area contributed by atoms with E-state index in [0.29, 0.717) is 31.0 Å². The average molecular weight is 337 g/mol. The van der Waals surface area contributed by atoms with Gasteiger partial charge in [-0.25, -0.2) is 0 Å². The highest BCUT2D eigenvalue weighted by atomic mass is 19.3. The van der Waals surface area contributed by atoms with Gasteiger partial charge < -0.3 is 19.5 Å². The summed E-state index contributed by atoms with van der Waals surface area (Å²) in [5.74, 6) is 0.383. The van der Waals surface area contributed by atoms with Crippen molar-refractivity contribution in [1.29, 1.82) is 0 Å². The van der Waals surface area contributed by atoms with E-state index in [1.54, 1.807) is 31.2 Å². The van der Waals surface area contributed by atoms with Gasteiger partial charge in [0.2, 0.25) is 0 Å². The molecule has 3 rings (SSSR count). The minimum Gasteiger partial charge on any atom is -0.433 e. The highest BCUT2D eigenvalue weighted by Gasteiger charge is 2.27. The Hall–Kier alpha value is -2.64. The Bertz CT molecular complexity index is 720. The molecule has 0 unspecified atom stereocenters. The van der Waals surface area contributed by atoms with Crippen LogP contribution < -0.4 is 15.0 Å². The highest BCUT2D eigenvalue weighted by molar-refractivity contribution is 5.92. The van der Waals surface area contributed by atoms with Crippen LogP contribution in [0.5, 0.6) is 5.75 Å². The molecule has 0 bridgehead atoms. The van der Waals surface area contributed by atoms with E-state index < -0.39 is 6.61 Å². The molecule has 0 aliphatic carbocycles. The Morgan fingerprint density at radius 2 is 2.25 bits per heavy atom. The predicted octanol–water partition coefficient (Wildman–Crippen LogP) is 2.59. The van der Waals surface area contributed by atoms with E-state index in [9.17, 15) is 13.6 Å². The summed E-state index contributed by atoms with van der Waals surface area (Å²) in [7, 11) is 0. The third kappa shape index (κ3) is 3.64. The number of nitrogens with one attached hydrogen (secondary N) is 1. The van der Waals surface area contributed by atoms with Crippen LogP contribution in [0, 0.1) is 6.92 Å². The van der Waals surface area contributed by atoms with Gasteiger partial charge in [0.05, 0.1) is 5.69 Å². The number of alkyl halides is 2. The zero-order valence-electron chi connectivity index (χ0n) is 13.0. The largest absolute Gasteiger partial charge is 0.433 e. The molecule has 0 radical (unpaired) electrons. The summed E-state index contributed by atoms with van der Waals surface area (Å²) in [6.45, 7) is -0.0285. The summed E-state index contributed by atoms with van der Waals surface area (Å²) >= 11 is 0. The van der Waals surface area contributed by atoms with Crippen LogP contribution in [-0.4, -0.2) is 36.8 Å². The molecule has 6 nitrogen and oxygen atoms in total. The molecule has 1 aliphatic rings. The number of ether oxygens (including phenoxy) is 1. The molecule has 1 aromatic heterocycles. The summed E-state index contributed by atoms with van der Waals surface area (Å²) in [6, 6.07) is 8.10. The fraction of sp³-hybridized carbons (Fsp3) is 0.375. The molecular formula is C16H17F2N3O3. The van der Waals surface area contributed by atoms with Crippen molar-refractivity contribution in [3.8, 4) is 5.75 Å². The van der Waals surface area contributed by atoms with Crippen LogP contribution in [0.4, 0.5) is 14.5 Å². The maximum absolute atomic E-state index is 12.5. The van der Waals surface area contributed by atoms with Crippen molar-refractivity contribution in [2.24, 2.45) is 0 Å². The number of aryl methyl sites for hydroxylation is 1. The molecule has 1 saturated heterocycles. The number of hydrogen-bond acceptors (Lipinski definition) is 5. The number of para-hydroxylation sites is 2. The molecule has 0 spiro atoms. The smallest absolute Gasteiger partial charge is 0.387 e. The minimum absolute atomic E-state index is 0.103. The van der Waals surface area contributed by atoms with Crippen molar-refractivity contribution in [3.05, 3.63) is 41.8 Å². The Morgan fingerprint density at radius 1 is 1.46 bits per heavy atom. The predicted molar refractivity (Wildman–Crippen MR) is 82.4 cm³/mol. The monoisotopic (exact) mass is 337 g/mol. The average Bonchev–Trinajstić information content (AvgIpc) is 3.16. The van der Waals surface area contributed by atoms with Crippen molar-refractivity contribution in [1.82, 2.24) is 10.5 Å². The van der Waals surface area contributed by atoms with Gasteiger partial charge >= 0.3 is 6.61 Å². The van der Waals surface area contributed by atoms with Crippen molar-refractivity contribution >= 4 is 11.6 Å². The molecular weight excluding hydrogens is 320 g/mol. The second-order valence-electron chi connectivity index (χ2n) is 5.57. The van der Waals surface area contributed by atoms with Gasteiger partial charge in [-0.3, -0.25) is 4.79 Å². The Kier molecular flexibility index (Phi) is 4.64. The normalized spacial score (nSPS) is 17.3. The first kappa shape index (κ1) is 16.2. The van der Waals surface area contributed by atoms with Gasteiger partial charge in [-0.15, -0.1) is 0 Å². The van der Waals surface area contributed by atoms with E-state index >= 15 is 0 Å². The van der Waals surface area contributed by atoms with Gasteiger partial charge in [0.15, 0.2) is 5.69 Å². The van der Waals surface area contributed by atoms with Crippen LogP contribution >= 0.6 is 0 Å². The lowest BCUT2D eigenvalue weighted by atomic mass is 10.2. The van der Waals surface area contributed by atoms with E-state index in [0.717, 1.165) is 0 Å². The molecule has 1 fully saturated rings. The van der Waals surface area contributed by atoms with Crippen molar-refractivity contribution in [3.63, 3.8) is 0 Å². The second-order valence-corrected chi connectivity index (χ2v) is 5.57. The van der Waals surface area contributed by atoms with Crippen LogP contribution in [-0.2, 0) is 0 Å². The summed E-state index contributed by atoms with van der Waals surface area (Å²) < 4.78 is 34.5. The molecule has 2 aromatic rings. The number of carbonyl (C=O) groups excluding carboxylic acids is 1. The Morgan fingerprint density at radius 3 is 2.96 bits per heavy atom. The molecule has 8 heteroatoms. The van der Waals surface area contributed by atoms with Crippen molar-refractivity contribution in [2.45, 2.75) is 26.0 Å². The molecule has 0 saturated carbocycles. The van der Waals surface area contributed by atoms with E-state index in [-0.39, 0.29) is 23.4 Å².